The molecule has 0 heterocycles. The Hall–Kier alpha value is -2.22. The molecule has 0 amide bonds. The van der Waals surface area contributed by atoms with Gasteiger partial charge < -0.3 is 9.47 Å². The van der Waals surface area contributed by atoms with Crippen molar-refractivity contribution >= 4 is 0 Å². The van der Waals surface area contributed by atoms with E-state index in [1.807, 2.05) is 66.7 Å². The molecule has 0 aliphatic rings. The van der Waals surface area contributed by atoms with Crippen LogP contribution in [0.1, 0.15) is 6.42 Å². The fourth-order valence-electron chi connectivity index (χ4n) is 1.46. The van der Waals surface area contributed by atoms with Gasteiger partial charge in [0.15, 0.2) is 0 Å². The van der Waals surface area contributed by atoms with E-state index in [4.69, 9.17) is 9.47 Å². The molecule has 0 fully saturated rings. The molecule has 2 aromatic rings. The lowest BCUT2D eigenvalue weighted by molar-refractivity contribution is 0.323. The molecule has 0 atom stereocenters. The summed E-state index contributed by atoms with van der Waals surface area (Å²) in [6, 6.07) is 19.5. The molecule has 92 valence electrons. The van der Waals surface area contributed by atoms with Crippen LogP contribution in [0.5, 0.6) is 11.5 Å². The summed E-state index contributed by atoms with van der Waals surface area (Å²) in [4.78, 5) is 0. The van der Waals surface area contributed by atoms with Crippen molar-refractivity contribution in [2.45, 2.75) is 6.42 Å². The lowest BCUT2D eigenvalue weighted by Gasteiger charge is -2.03. The van der Waals surface area contributed by atoms with Gasteiger partial charge in [-0.1, -0.05) is 36.4 Å². The molecule has 0 saturated carbocycles. The first kappa shape index (κ1) is 12.2. The van der Waals surface area contributed by atoms with Gasteiger partial charge in [-0.3, -0.25) is 0 Å². The molecule has 0 unspecified atom stereocenters. The van der Waals surface area contributed by atoms with Gasteiger partial charge in [-0.05, 0) is 30.3 Å². The first-order valence-electron chi connectivity index (χ1n) is 6.00. The van der Waals surface area contributed by atoms with E-state index in [2.05, 4.69) is 0 Å². The maximum absolute atomic E-state index is 5.55. The largest absolute Gasteiger partial charge is 0.493 e. The van der Waals surface area contributed by atoms with Crippen molar-refractivity contribution in [1.82, 2.24) is 0 Å². The SMILES string of the molecule is C(=C\Oc1ccccc1)/CCOc1ccccc1. The van der Waals surface area contributed by atoms with Crippen LogP contribution in [-0.2, 0) is 0 Å². The minimum Gasteiger partial charge on any atom is -0.493 e. The highest BCUT2D eigenvalue weighted by Gasteiger charge is 1.89. The summed E-state index contributed by atoms with van der Waals surface area (Å²) in [5.41, 5.74) is 0. The second kappa shape index (κ2) is 7.17. The van der Waals surface area contributed by atoms with Crippen molar-refractivity contribution in [1.29, 1.82) is 0 Å². The smallest absolute Gasteiger partial charge is 0.126 e. The van der Waals surface area contributed by atoms with Crippen LogP contribution in [0.15, 0.2) is 73.0 Å². The molecule has 2 rings (SSSR count). The minimum atomic E-state index is 0.651. The van der Waals surface area contributed by atoms with Gasteiger partial charge in [0.25, 0.3) is 0 Å². The average molecular weight is 240 g/mol. The molecule has 0 saturated heterocycles. The van der Waals surface area contributed by atoms with Crippen molar-refractivity contribution in [2.75, 3.05) is 6.61 Å². The molecule has 2 heteroatoms. The van der Waals surface area contributed by atoms with Gasteiger partial charge >= 0.3 is 0 Å². The third kappa shape index (κ3) is 4.34. The van der Waals surface area contributed by atoms with Crippen molar-refractivity contribution in [3.8, 4) is 11.5 Å². The molecule has 18 heavy (non-hydrogen) atoms. The van der Waals surface area contributed by atoms with Gasteiger partial charge in [0.2, 0.25) is 0 Å². The summed E-state index contributed by atoms with van der Waals surface area (Å²) in [6.07, 6.45) is 4.47. The highest BCUT2D eigenvalue weighted by molar-refractivity contribution is 5.22. The molecule has 2 nitrogen and oxygen atoms in total. The van der Waals surface area contributed by atoms with E-state index in [0.29, 0.717) is 6.61 Å². The summed E-state index contributed by atoms with van der Waals surface area (Å²) in [7, 11) is 0. The zero-order valence-corrected chi connectivity index (χ0v) is 10.2. The van der Waals surface area contributed by atoms with E-state index in [0.717, 1.165) is 17.9 Å². The van der Waals surface area contributed by atoms with Gasteiger partial charge in [-0.2, -0.15) is 0 Å². The second-order valence-electron chi connectivity index (χ2n) is 3.75. The molecule has 0 aliphatic carbocycles. The maximum atomic E-state index is 5.55. The summed E-state index contributed by atoms with van der Waals surface area (Å²) in [5, 5.41) is 0. The third-order valence-electron chi connectivity index (χ3n) is 2.34. The van der Waals surface area contributed by atoms with Gasteiger partial charge in [0, 0.05) is 6.42 Å². The van der Waals surface area contributed by atoms with Crippen LogP contribution in [0.25, 0.3) is 0 Å². The number of benzene rings is 2. The second-order valence-corrected chi connectivity index (χ2v) is 3.75. The summed E-state index contributed by atoms with van der Waals surface area (Å²) >= 11 is 0. The Morgan fingerprint density at radius 2 is 1.39 bits per heavy atom. The highest BCUT2D eigenvalue weighted by atomic mass is 16.5. The van der Waals surface area contributed by atoms with Crippen LogP contribution in [0.3, 0.4) is 0 Å². The van der Waals surface area contributed by atoms with Crippen molar-refractivity contribution in [3.05, 3.63) is 73.0 Å². The van der Waals surface area contributed by atoms with Crippen LogP contribution < -0.4 is 9.47 Å². The zero-order valence-electron chi connectivity index (χ0n) is 10.2. The number of para-hydroxylation sites is 2. The van der Waals surface area contributed by atoms with E-state index < -0.39 is 0 Å². The number of rotatable bonds is 6. The monoisotopic (exact) mass is 240 g/mol. The van der Waals surface area contributed by atoms with E-state index in [1.54, 1.807) is 6.26 Å². The summed E-state index contributed by atoms with van der Waals surface area (Å²) in [5.74, 6) is 1.74. The number of ether oxygens (including phenoxy) is 2. The van der Waals surface area contributed by atoms with Gasteiger partial charge in [0.1, 0.15) is 11.5 Å². The van der Waals surface area contributed by atoms with Crippen LogP contribution in [0, 0.1) is 0 Å². The Morgan fingerprint density at radius 1 is 0.778 bits per heavy atom. The first-order valence-corrected chi connectivity index (χ1v) is 6.00. The van der Waals surface area contributed by atoms with Gasteiger partial charge in [-0.25, -0.2) is 0 Å². The van der Waals surface area contributed by atoms with E-state index in [9.17, 15) is 0 Å². The van der Waals surface area contributed by atoms with Crippen LogP contribution in [0.4, 0.5) is 0 Å². The van der Waals surface area contributed by atoms with Gasteiger partial charge in [-0.15, -0.1) is 0 Å². The molecule has 0 bridgehead atoms. The van der Waals surface area contributed by atoms with Crippen LogP contribution in [-0.4, -0.2) is 6.61 Å². The number of hydrogen-bond acceptors (Lipinski definition) is 2. The molecule has 2 aromatic carbocycles. The quantitative estimate of drug-likeness (QED) is 0.560. The predicted octanol–water partition coefficient (Wildman–Crippen LogP) is 4.05. The van der Waals surface area contributed by atoms with E-state index in [-0.39, 0.29) is 0 Å². The van der Waals surface area contributed by atoms with Crippen LogP contribution >= 0.6 is 0 Å². The number of hydrogen-bond donors (Lipinski definition) is 0. The lowest BCUT2D eigenvalue weighted by Crippen LogP contribution is -1.95. The molecular weight excluding hydrogens is 224 g/mol. The van der Waals surface area contributed by atoms with Crippen molar-refractivity contribution in [3.63, 3.8) is 0 Å². The molecule has 0 radical (unpaired) electrons. The Bertz CT molecular complexity index is 463. The summed E-state index contributed by atoms with van der Waals surface area (Å²) in [6.45, 7) is 0.651. The fourth-order valence-corrected chi connectivity index (χ4v) is 1.46. The highest BCUT2D eigenvalue weighted by Crippen LogP contribution is 2.09. The molecule has 0 aromatic heterocycles. The van der Waals surface area contributed by atoms with Crippen molar-refractivity contribution < 1.29 is 9.47 Å². The Kier molecular flexibility index (Phi) is 4.88. The normalized spacial score (nSPS) is 10.4. The minimum absolute atomic E-state index is 0.651. The zero-order chi connectivity index (χ0) is 12.5. The Morgan fingerprint density at radius 3 is 2.06 bits per heavy atom. The molecule has 0 N–H and O–H groups in total. The Labute approximate surface area is 107 Å². The summed E-state index contributed by atoms with van der Waals surface area (Å²) < 4.78 is 11.0. The third-order valence-corrected chi connectivity index (χ3v) is 2.34. The molecule has 0 spiro atoms. The van der Waals surface area contributed by atoms with Gasteiger partial charge in [0.05, 0.1) is 12.9 Å². The fraction of sp³-hybridized carbons (Fsp3) is 0.125. The maximum Gasteiger partial charge on any atom is 0.126 e. The standard InChI is InChI=1S/C16H16O2/c1-3-9-15(10-4-1)17-13-7-8-14-18-16-11-5-2-6-12-16/h1-7,9-13H,8,14H2/b13-7+. The lowest BCUT2D eigenvalue weighted by atomic mass is 10.3. The molecule has 0 aliphatic heterocycles. The molecular formula is C16H16O2. The predicted molar refractivity (Wildman–Crippen MR) is 72.8 cm³/mol. The Balaban J connectivity index is 1.64. The first-order chi connectivity index (χ1) is 8.95. The van der Waals surface area contributed by atoms with Crippen LogP contribution in [0.2, 0.25) is 0 Å². The topological polar surface area (TPSA) is 18.5 Å². The van der Waals surface area contributed by atoms with E-state index >= 15 is 0 Å². The van der Waals surface area contributed by atoms with E-state index in [1.165, 1.54) is 0 Å². The van der Waals surface area contributed by atoms with Crippen molar-refractivity contribution in [2.24, 2.45) is 0 Å². The average Bonchev–Trinajstić information content (AvgIpc) is 2.45.